The fourth-order valence-electron chi connectivity index (χ4n) is 1.49. The molecule has 1 aromatic carbocycles. The zero-order chi connectivity index (χ0) is 13.5. The Hall–Kier alpha value is -1.88. The molecule has 0 aliphatic heterocycles. The molecule has 0 fully saturated rings. The van der Waals surface area contributed by atoms with E-state index in [1.807, 2.05) is 24.3 Å². The summed E-state index contributed by atoms with van der Waals surface area (Å²) in [6.07, 6.45) is 1.32. The molecule has 5 N–H and O–H groups in total. The Morgan fingerprint density at radius 1 is 1.28 bits per heavy atom. The lowest BCUT2D eigenvalue weighted by Gasteiger charge is -2.11. The van der Waals surface area contributed by atoms with Crippen LogP contribution in [0.4, 0.5) is 5.69 Å². The average Bonchev–Trinajstić information content (AvgIpc) is 2.36. The summed E-state index contributed by atoms with van der Waals surface area (Å²) < 4.78 is 0. The van der Waals surface area contributed by atoms with Gasteiger partial charge in [-0.05, 0) is 30.5 Å². The van der Waals surface area contributed by atoms with Gasteiger partial charge in [0.1, 0.15) is 0 Å². The van der Waals surface area contributed by atoms with Crippen molar-refractivity contribution in [1.82, 2.24) is 0 Å². The topological polar surface area (TPSA) is 98.2 Å². The van der Waals surface area contributed by atoms with Crippen molar-refractivity contribution in [3.05, 3.63) is 29.8 Å². The van der Waals surface area contributed by atoms with E-state index in [9.17, 15) is 9.59 Å². The van der Waals surface area contributed by atoms with E-state index < -0.39 is 11.9 Å². The van der Waals surface area contributed by atoms with Crippen LogP contribution in [0.15, 0.2) is 24.3 Å². The van der Waals surface area contributed by atoms with E-state index in [1.54, 1.807) is 0 Å². The number of amides is 2. The second-order valence-corrected chi connectivity index (χ2v) is 4.15. The van der Waals surface area contributed by atoms with E-state index in [2.05, 4.69) is 12.2 Å². The summed E-state index contributed by atoms with van der Waals surface area (Å²) in [5.41, 5.74) is 12.5. The standard InChI is InChI=1S/C13H19N3O2/c1-2-9-3-5-10(6-4-9)16-13(18)11(14)7-8-12(15)17/h3-6,11H,2,7-8,14H2,1H3,(H2,15,17)(H,16,18)/t11-/m0/s1. The zero-order valence-corrected chi connectivity index (χ0v) is 10.5. The molecule has 0 heterocycles. The molecule has 1 atom stereocenters. The lowest BCUT2D eigenvalue weighted by Crippen LogP contribution is -2.36. The first-order chi connectivity index (χ1) is 8.52. The summed E-state index contributed by atoms with van der Waals surface area (Å²) in [6, 6.07) is 6.84. The molecule has 0 aliphatic carbocycles. The van der Waals surface area contributed by atoms with Gasteiger partial charge in [-0.25, -0.2) is 0 Å². The van der Waals surface area contributed by atoms with Crippen LogP contribution in [0, 0.1) is 0 Å². The number of nitrogens with two attached hydrogens (primary N) is 2. The average molecular weight is 249 g/mol. The monoisotopic (exact) mass is 249 g/mol. The van der Waals surface area contributed by atoms with Crippen molar-refractivity contribution in [1.29, 1.82) is 0 Å². The highest BCUT2D eigenvalue weighted by atomic mass is 16.2. The Bertz CT molecular complexity index is 415. The quantitative estimate of drug-likeness (QED) is 0.694. The van der Waals surface area contributed by atoms with E-state index in [1.165, 1.54) is 5.56 Å². The summed E-state index contributed by atoms with van der Waals surface area (Å²) in [4.78, 5) is 22.3. The molecular weight excluding hydrogens is 230 g/mol. The predicted molar refractivity (Wildman–Crippen MR) is 70.9 cm³/mol. The van der Waals surface area contributed by atoms with Gasteiger partial charge in [0.25, 0.3) is 0 Å². The number of nitrogens with one attached hydrogen (secondary N) is 1. The summed E-state index contributed by atoms with van der Waals surface area (Å²) in [5, 5.41) is 2.70. The normalized spacial score (nSPS) is 11.9. The Morgan fingerprint density at radius 2 is 1.89 bits per heavy atom. The second-order valence-electron chi connectivity index (χ2n) is 4.15. The molecule has 0 aromatic heterocycles. The molecule has 1 aromatic rings. The summed E-state index contributed by atoms with van der Waals surface area (Å²) in [5.74, 6) is -0.758. The number of carbonyl (C=O) groups excluding carboxylic acids is 2. The minimum atomic E-state index is -0.719. The van der Waals surface area contributed by atoms with Crippen molar-refractivity contribution in [2.75, 3.05) is 5.32 Å². The molecule has 5 heteroatoms. The lowest BCUT2D eigenvalue weighted by molar-refractivity contribution is -0.119. The highest BCUT2D eigenvalue weighted by molar-refractivity contribution is 5.94. The van der Waals surface area contributed by atoms with Gasteiger partial charge in [0, 0.05) is 12.1 Å². The predicted octanol–water partition coefficient (Wildman–Crippen LogP) is 0.780. The number of rotatable bonds is 6. The first kappa shape index (κ1) is 14.2. The third-order valence-electron chi connectivity index (χ3n) is 2.67. The third kappa shape index (κ3) is 4.55. The molecule has 0 unspecified atom stereocenters. The first-order valence-corrected chi connectivity index (χ1v) is 5.96. The third-order valence-corrected chi connectivity index (χ3v) is 2.67. The van der Waals surface area contributed by atoms with E-state index in [4.69, 9.17) is 11.5 Å². The SMILES string of the molecule is CCc1ccc(NC(=O)[C@@H](N)CCC(N)=O)cc1. The molecule has 0 spiro atoms. The molecule has 1 rings (SSSR count). The number of carbonyl (C=O) groups is 2. The van der Waals surface area contributed by atoms with Crippen LogP contribution in [-0.4, -0.2) is 17.9 Å². The van der Waals surface area contributed by atoms with Gasteiger partial charge in [-0.3, -0.25) is 9.59 Å². The minimum absolute atomic E-state index is 0.114. The molecule has 5 nitrogen and oxygen atoms in total. The molecule has 0 saturated carbocycles. The van der Waals surface area contributed by atoms with Gasteiger partial charge in [-0.15, -0.1) is 0 Å². The summed E-state index contributed by atoms with van der Waals surface area (Å²) in [7, 11) is 0. The van der Waals surface area contributed by atoms with Crippen molar-refractivity contribution < 1.29 is 9.59 Å². The Kier molecular flexibility index (Phi) is 5.32. The maximum atomic E-state index is 11.7. The van der Waals surface area contributed by atoms with E-state index in [-0.39, 0.29) is 18.7 Å². The van der Waals surface area contributed by atoms with Gasteiger partial charge in [-0.2, -0.15) is 0 Å². The highest BCUT2D eigenvalue weighted by Gasteiger charge is 2.14. The number of hydrogen-bond donors (Lipinski definition) is 3. The van der Waals surface area contributed by atoms with E-state index in [0.29, 0.717) is 5.69 Å². The molecule has 18 heavy (non-hydrogen) atoms. The zero-order valence-electron chi connectivity index (χ0n) is 10.5. The largest absolute Gasteiger partial charge is 0.370 e. The second kappa shape index (κ2) is 6.76. The van der Waals surface area contributed by atoms with Crippen LogP contribution < -0.4 is 16.8 Å². The first-order valence-electron chi connectivity index (χ1n) is 5.96. The molecule has 98 valence electrons. The fraction of sp³-hybridized carbons (Fsp3) is 0.385. The van der Waals surface area contributed by atoms with Gasteiger partial charge < -0.3 is 16.8 Å². The van der Waals surface area contributed by atoms with Crippen molar-refractivity contribution in [3.8, 4) is 0 Å². The van der Waals surface area contributed by atoms with Gasteiger partial charge in [0.05, 0.1) is 6.04 Å². The van der Waals surface area contributed by atoms with Crippen LogP contribution in [0.3, 0.4) is 0 Å². The van der Waals surface area contributed by atoms with Crippen LogP contribution in [-0.2, 0) is 16.0 Å². The molecule has 0 bridgehead atoms. The highest BCUT2D eigenvalue weighted by Crippen LogP contribution is 2.10. The van der Waals surface area contributed by atoms with Crippen LogP contribution in [0.25, 0.3) is 0 Å². The maximum Gasteiger partial charge on any atom is 0.241 e. The molecule has 2 amide bonds. The number of primary amides is 1. The summed E-state index contributed by atoms with van der Waals surface area (Å²) in [6.45, 7) is 2.06. The fourth-order valence-corrected chi connectivity index (χ4v) is 1.49. The smallest absolute Gasteiger partial charge is 0.241 e. The van der Waals surface area contributed by atoms with Crippen LogP contribution in [0.1, 0.15) is 25.3 Å². The number of aryl methyl sites for hydroxylation is 1. The van der Waals surface area contributed by atoms with E-state index in [0.717, 1.165) is 6.42 Å². The minimum Gasteiger partial charge on any atom is -0.370 e. The summed E-state index contributed by atoms with van der Waals surface area (Å²) >= 11 is 0. The van der Waals surface area contributed by atoms with Crippen molar-refractivity contribution in [2.24, 2.45) is 11.5 Å². The Morgan fingerprint density at radius 3 is 2.39 bits per heavy atom. The number of anilines is 1. The molecular formula is C13H19N3O2. The lowest BCUT2D eigenvalue weighted by atomic mass is 10.1. The van der Waals surface area contributed by atoms with Gasteiger partial charge in [-0.1, -0.05) is 19.1 Å². The molecule has 0 radical (unpaired) electrons. The van der Waals surface area contributed by atoms with Gasteiger partial charge >= 0.3 is 0 Å². The van der Waals surface area contributed by atoms with Gasteiger partial charge in [0.15, 0.2) is 0 Å². The number of hydrogen-bond acceptors (Lipinski definition) is 3. The number of benzene rings is 1. The molecule has 0 aliphatic rings. The van der Waals surface area contributed by atoms with Crippen LogP contribution in [0.2, 0.25) is 0 Å². The van der Waals surface area contributed by atoms with Crippen molar-refractivity contribution in [3.63, 3.8) is 0 Å². The van der Waals surface area contributed by atoms with Crippen molar-refractivity contribution in [2.45, 2.75) is 32.2 Å². The van der Waals surface area contributed by atoms with Crippen LogP contribution >= 0.6 is 0 Å². The maximum absolute atomic E-state index is 11.7. The van der Waals surface area contributed by atoms with Crippen molar-refractivity contribution >= 4 is 17.5 Å². The van der Waals surface area contributed by atoms with E-state index >= 15 is 0 Å². The van der Waals surface area contributed by atoms with Crippen LogP contribution in [0.5, 0.6) is 0 Å². The Labute approximate surface area is 107 Å². The molecule has 0 saturated heterocycles. The van der Waals surface area contributed by atoms with Gasteiger partial charge in [0.2, 0.25) is 11.8 Å². The Balaban J connectivity index is 2.49.